The van der Waals surface area contributed by atoms with Gasteiger partial charge in [0.2, 0.25) is 0 Å². The molecule has 0 amide bonds. The summed E-state index contributed by atoms with van der Waals surface area (Å²) in [5.74, 6) is -1.72. The Morgan fingerprint density at radius 3 is 2.58 bits per heavy atom. The van der Waals surface area contributed by atoms with E-state index in [1.54, 1.807) is 19.9 Å². The lowest BCUT2D eigenvalue weighted by molar-refractivity contribution is -0.384. The van der Waals surface area contributed by atoms with Crippen LogP contribution < -0.4 is 0 Å². The van der Waals surface area contributed by atoms with Crippen LogP contribution in [-0.4, -0.2) is 33.1 Å². The van der Waals surface area contributed by atoms with Gasteiger partial charge in [0.05, 0.1) is 28.4 Å². The first kappa shape index (κ1) is 17.2. The van der Waals surface area contributed by atoms with Crippen LogP contribution in [0.2, 0.25) is 0 Å². The molecule has 1 N–H and O–H groups in total. The molecule has 0 aliphatic rings. The van der Waals surface area contributed by atoms with Crippen LogP contribution in [0, 0.1) is 17.0 Å². The number of carboxylic acid groups (broad SMARTS) is 1. The van der Waals surface area contributed by atoms with Crippen molar-refractivity contribution in [3.8, 4) is 11.3 Å². The Bertz CT molecular complexity index is 809. The molecule has 1 heterocycles. The molecule has 0 fully saturated rings. The van der Waals surface area contributed by atoms with Crippen LogP contribution in [0.3, 0.4) is 0 Å². The molecule has 126 valence electrons. The highest BCUT2D eigenvalue weighted by atomic mass is 16.6. The summed E-state index contributed by atoms with van der Waals surface area (Å²) in [4.78, 5) is 33.9. The van der Waals surface area contributed by atoms with Gasteiger partial charge in [-0.25, -0.2) is 4.79 Å². The zero-order valence-electron chi connectivity index (χ0n) is 13.2. The number of nitrogens with zero attached hydrogens (tertiary/aromatic N) is 2. The largest absolute Gasteiger partial charge is 0.480 e. The van der Waals surface area contributed by atoms with Crippen LogP contribution in [0.25, 0.3) is 11.3 Å². The minimum atomic E-state index is -1.12. The van der Waals surface area contributed by atoms with E-state index in [9.17, 15) is 19.7 Å². The maximum atomic E-state index is 12.1. The topological polar surface area (TPSA) is 112 Å². The number of aliphatic carboxylic acids is 1. The number of rotatable bonds is 6. The first-order valence-corrected chi connectivity index (χ1v) is 7.19. The number of para-hydroxylation sites is 1. The maximum absolute atomic E-state index is 12.1. The van der Waals surface area contributed by atoms with Crippen LogP contribution in [0.1, 0.15) is 23.0 Å². The molecule has 0 unspecified atom stereocenters. The Morgan fingerprint density at radius 1 is 1.33 bits per heavy atom. The monoisotopic (exact) mass is 332 g/mol. The second-order valence-corrected chi connectivity index (χ2v) is 5.00. The summed E-state index contributed by atoms with van der Waals surface area (Å²) in [6.45, 7) is 2.98. The number of benzene rings is 1. The van der Waals surface area contributed by atoms with Gasteiger partial charge in [0.15, 0.2) is 0 Å². The van der Waals surface area contributed by atoms with Gasteiger partial charge in [0, 0.05) is 11.8 Å². The number of carboxylic acids is 1. The number of carbonyl (C=O) groups excluding carboxylic acids is 1. The Balaban J connectivity index is 2.69. The number of nitro groups is 1. The summed E-state index contributed by atoms with van der Waals surface area (Å²) in [7, 11) is 0. The number of hydrogen-bond donors (Lipinski definition) is 1. The molecule has 8 nitrogen and oxygen atoms in total. The first-order valence-electron chi connectivity index (χ1n) is 7.19. The molecule has 0 aliphatic carbocycles. The molecule has 2 rings (SSSR count). The van der Waals surface area contributed by atoms with E-state index in [4.69, 9.17) is 9.84 Å². The van der Waals surface area contributed by atoms with Gasteiger partial charge in [-0.3, -0.25) is 14.9 Å². The molecule has 2 aromatic rings. The quantitative estimate of drug-likeness (QED) is 0.494. The van der Waals surface area contributed by atoms with Gasteiger partial charge in [-0.05, 0) is 26.0 Å². The number of ether oxygens (including phenoxy) is 1. The summed E-state index contributed by atoms with van der Waals surface area (Å²) in [6, 6.07) is 7.40. The number of nitro benzene ring substituents is 1. The Hall–Kier alpha value is -3.16. The lowest BCUT2D eigenvalue weighted by atomic mass is 10.1. The fourth-order valence-corrected chi connectivity index (χ4v) is 2.47. The summed E-state index contributed by atoms with van der Waals surface area (Å²) in [5.41, 5.74) is 0.917. The number of esters is 1. The van der Waals surface area contributed by atoms with E-state index in [0.29, 0.717) is 5.69 Å². The minimum Gasteiger partial charge on any atom is -0.480 e. The smallest absolute Gasteiger partial charge is 0.339 e. The number of carbonyl (C=O) groups is 2. The molecule has 0 aliphatic heterocycles. The van der Waals surface area contributed by atoms with Crippen LogP contribution in [0.15, 0.2) is 30.3 Å². The molecule has 0 saturated carbocycles. The highest BCUT2D eigenvalue weighted by Crippen LogP contribution is 2.33. The average Bonchev–Trinajstić information content (AvgIpc) is 2.84. The molecule has 8 heteroatoms. The zero-order valence-corrected chi connectivity index (χ0v) is 13.2. The van der Waals surface area contributed by atoms with Gasteiger partial charge < -0.3 is 14.4 Å². The normalized spacial score (nSPS) is 10.4. The van der Waals surface area contributed by atoms with E-state index in [0.717, 1.165) is 0 Å². The van der Waals surface area contributed by atoms with Crippen molar-refractivity contribution in [2.45, 2.75) is 20.4 Å². The second-order valence-electron chi connectivity index (χ2n) is 5.00. The Morgan fingerprint density at radius 2 is 2.00 bits per heavy atom. The first-order chi connectivity index (χ1) is 11.4. The summed E-state index contributed by atoms with van der Waals surface area (Å²) in [6.07, 6.45) is 0. The molecule has 0 bridgehead atoms. The van der Waals surface area contributed by atoms with E-state index in [1.165, 1.54) is 28.8 Å². The highest BCUT2D eigenvalue weighted by molar-refractivity contribution is 5.93. The van der Waals surface area contributed by atoms with Gasteiger partial charge in [0.25, 0.3) is 5.69 Å². The molecule has 0 spiro atoms. The van der Waals surface area contributed by atoms with Crippen molar-refractivity contribution < 1.29 is 24.4 Å². The third kappa shape index (κ3) is 3.27. The highest BCUT2D eigenvalue weighted by Gasteiger charge is 2.24. The van der Waals surface area contributed by atoms with Gasteiger partial charge in [0.1, 0.15) is 6.54 Å². The van der Waals surface area contributed by atoms with Crippen molar-refractivity contribution in [3.05, 3.63) is 51.7 Å². The lowest BCUT2D eigenvalue weighted by Crippen LogP contribution is -2.13. The summed E-state index contributed by atoms with van der Waals surface area (Å²) in [5, 5.41) is 20.4. The Labute approximate surface area is 137 Å². The molecule has 0 radical (unpaired) electrons. The molecule has 1 aromatic heterocycles. The molecule has 0 saturated heterocycles. The number of aromatic nitrogens is 1. The second kappa shape index (κ2) is 6.95. The van der Waals surface area contributed by atoms with E-state index in [-0.39, 0.29) is 29.1 Å². The van der Waals surface area contributed by atoms with Crippen molar-refractivity contribution in [2.75, 3.05) is 6.61 Å². The van der Waals surface area contributed by atoms with Crippen molar-refractivity contribution in [2.24, 2.45) is 0 Å². The average molecular weight is 332 g/mol. The van der Waals surface area contributed by atoms with Gasteiger partial charge in [-0.15, -0.1) is 0 Å². The van der Waals surface area contributed by atoms with Crippen molar-refractivity contribution >= 4 is 17.6 Å². The van der Waals surface area contributed by atoms with Crippen molar-refractivity contribution in [1.82, 2.24) is 4.57 Å². The van der Waals surface area contributed by atoms with Gasteiger partial charge >= 0.3 is 11.9 Å². The van der Waals surface area contributed by atoms with Crippen LogP contribution in [0.5, 0.6) is 0 Å². The van der Waals surface area contributed by atoms with E-state index >= 15 is 0 Å². The SMILES string of the molecule is CCOC(=O)c1cc(-c2ccccc2[N+](=O)[O-])n(CC(=O)O)c1C. The van der Waals surface area contributed by atoms with Crippen LogP contribution >= 0.6 is 0 Å². The van der Waals surface area contributed by atoms with Crippen LogP contribution in [0.4, 0.5) is 5.69 Å². The van der Waals surface area contributed by atoms with E-state index in [2.05, 4.69) is 0 Å². The predicted octanol–water partition coefficient (Wildman–Crippen LogP) is 2.63. The minimum absolute atomic E-state index is 0.169. The van der Waals surface area contributed by atoms with Gasteiger partial charge in [-0.1, -0.05) is 12.1 Å². The predicted molar refractivity (Wildman–Crippen MR) is 84.9 cm³/mol. The number of hydrogen-bond acceptors (Lipinski definition) is 5. The fourth-order valence-electron chi connectivity index (χ4n) is 2.47. The van der Waals surface area contributed by atoms with Gasteiger partial charge in [-0.2, -0.15) is 0 Å². The third-order valence-corrected chi connectivity index (χ3v) is 3.53. The zero-order chi connectivity index (χ0) is 17.9. The van der Waals surface area contributed by atoms with E-state index in [1.807, 2.05) is 0 Å². The maximum Gasteiger partial charge on any atom is 0.339 e. The Kier molecular flexibility index (Phi) is 4.98. The molecular weight excluding hydrogens is 316 g/mol. The molecule has 24 heavy (non-hydrogen) atoms. The molecule has 1 aromatic carbocycles. The van der Waals surface area contributed by atoms with Crippen LogP contribution in [-0.2, 0) is 16.1 Å². The molecular formula is C16H16N2O6. The van der Waals surface area contributed by atoms with E-state index < -0.39 is 23.4 Å². The lowest BCUT2D eigenvalue weighted by Gasteiger charge is -2.09. The molecule has 0 atom stereocenters. The summed E-state index contributed by atoms with van der Waals surface area (Å²) >= 11 is 0. The van der Waals surface area contributed by atoms with Crippen molar-refractivity contribution in [3.63, 3.8) is 0 Å². The summed E-state index contributed by atoms with van der Waals surface area (Å²) < 4.78 is 6.32. The standard InChI is InChI=1S/C16H16N2O6/c1-3-24-16(21)12-8-14(17(10(12)2)9-15(19)20)11-6-4-5-7-13(11)18(22)23/h4-8H,3,9H2,1-2H3,(H,19,20). The van der Waals surface area contributed by atoms with Crippen molar-refractivity contribution in [1.29, 1.82) is 0 Å². The third-order valence-electron chi connectivity index (χ3n) is 3.53. The fraction of sp³-hybridized carbons (Fsp3) is 0.250.